The first-order valence-corrected chi connectivity index (χ1v) is 9.83. The lowest BCUT2D eigenvalue weighted by molar-refractivity contribution is -0.385. The van der Waals surface area contributed by atoms with E-state index < -0.39 is 11.0 Å². The Hall–Kier alpha value is -3.87. The topological polar surface area (TPSA) is 81.9 Å². The van der Waals surface area contributed by atoms with E-state index in [0.717, 1.165) is 11.1 Å². The fraction of sp³-hybridized carbons (Fsp3) is 0.208. The molecule has 0 saturated carbocycles. The highest BCUT2D eigenvalue weighted by atomic mass is 16.6. The van der Waals surface area contributed by atoms with Gasteiger partial charge in [0.05, 0.1) is 18.1 Å². The van der Waals surface area contributed by atoms with Crippen LogP contribution in [-0.4, -0.2) is 28.9 Å². The minimum atomic E-state index is -0.872. The van der Waals surface area contributed by atoms with Crippen molar-refractivity contribution in [3.05, 3.63) is 100 Å². The summed E-state index contributed by atoms with van der Waals surface area (Å²) in [6.45, 7) is 2.45. The summed E-state index contributed by atoms with van der Waals surface area (Å²) in [4.78, 5) is 25.6. The fourth-order valence-electron chi connectivity index (χ4n) is 3.19. The second kappa shape index (κ2) is 10.2. The Morgan fingerprint density at radius 3 is 1.97 bits per heavy atom. The molecule has 1 amide bonds. The van der Waals surface area contributed by atoms with Gasteiger partial charge in [-0.2, -0.15) is 0 Å². The lowest BCUT2D eigenvalue weighted by Gasteiger charge is -2.27. The van der Waals surface area contributed by atoms with Gasteiger partial charge in [-0.3, -0.25) is 14.9 Å². The van der Waals surface area contributed by atoms with Crippen molar-refractivity contribution in [1.29, 1.82) is 0 Å². The van der Waals surface area contributed by atoms with E-state index in [2.05, 4.69) is 0 Å². The number of amides is 1. The van der Waals surface area contributed by atoms with Gasteiger partial charge in [0, 0.05) is 19.2 Å². The van der Waals surface area contributed by atoms with Crippen LogP contribution in [0.2, 0.25) is 0 Å². The lowest BCUT2D eigenvalue weighted by Crippen LogP contribution is -2.39. The maximum absolute atomic E-state index is 13.3. The van der Waals surface area contributed by atoms with Gasteiger partial charge in [0.2, 0.25) is 0 Å². The number of ether oxygens (including phenoxy) is 2. The summed E-state index contributed by atoms with van der Waals surface area (Å²) < 4.78 is 11.1. The average molecular weight is 420 g/mol. The molecule has 0 spiro atoms. The van der Waals surface area contributed by atoms with Crippen molar-refractivity contribution in [2.45, 2.75) is 26.1 Å². The highest BCUT2D eigenvalue weighted by Gasteiger charge is 2.25. The van der Waals surface area contributed by atoms with E-state index in [9.17, 15) is 14.9 Å². The number of hydrogen-bond acceptors (Lipinski definition) is 5. The van der Waals surface area contributed by atoms with Crippen molar-refractivity contribution in [3.63, 3.8) is 0 Å². The standard InChI is InChI=1S/C24H24N2O5/c1-18(31-23-15-21(26(28)29)13-14-22(23)30-2)24(27)25(16-19-9-5-3-6-10-19)17-20-11-7-4-8-12-20/h3-15,18H,16-17H2,1-2H3. The van der Waals surface area contributed by atoms with Crippen LogP contribution in [0, 0.1) is 10.1 Å². The molecule has 0 fully saturated rings. The molecule has 7 nitrogen and oxygen atoms in total. The van der Waals surface area contributed by atoms with Gasteiger partial charge in [-0.15, -0.1) is 0 Å². The summed E-state index contributed by atoms with van der Waals surface area (Å²) in [5.74, 6) is 0.237. The van der Waals surface area contributed by atoms with E-state index in [4.69, 9.17) is 9.47 Å². The maximum atomic E-state index is 13.3. The first-order valence-electron chi connectivity index (χ1n) is 9.83. The van der Waals surface area contributed by atoms with Crippen LogP contribution in [-0.2, 0) is 17.9 Å². The predicted octanol–water partition coefficient (Wildman–Crippen LogP) is 4.60. The van der Waals surface area contributed by atoms with E-state index >= 15 is 0 Å². The SMILES string of the molecule is COc1ccc([N+](=O)[O-])cc1OC(C)C(=O)N(Cc1ccccc1)Cc1ccccc1. The molecule has 3 aromatic carbocycles. The van der Waals surface area contributed by atoms with Gasteiger partial charge in [-0.25, -0.2) is 0 Å². The molecule has 31 heavy (non-hydrogen) atoms. The van der Waals surface area contributed by atoms with Crippen LogP contribution >= 0.6 is 0 Å². The monoisotopic (exact) mass is 420 g/mol. The summed E-state index contributed by atoms with van der Waals surface area (Å²) in [7, 11) is 1.44. The molecule has 0 radical (unpaired) electrons. The van der Waals surface area contributed by atoms with E-state index in [1.807, 2.05) is 60.7 Å². The first-order chi connectivity index (χ1) is 15.0. The van der Waals surface area contributed by atoms with Crippen molar-refractivity contribution in [2.75, 3.05) is 7.11 Å². The number of benzene rings is 3. The fourth-order valence-corrected chi connectivity index (χ4v) is 3.19. The van der Waals surface area contributed by atoms with Crippen molar-refractivity contribution in [2.24, 2.45) is 0 Å². The smallest absolute Gasteiger partial charge is 0.273 e. The number of carbonyl (C=O) groups is 1. The predicted molar refractivity (Wildman–Crippen MR) is 117 cm³/mol. The van der Waals surface area contributed by atoms with E-state index in [1.54, 1.807) is 11.8 Å². The molecule has 0 aliphatic rings. The Kier molecular flexibility index (Phi) is 7.22. The first kappa shape index (κ1) is 21.8. The minimum absolute atomic E-state index is 0.138. The molecule has 1 atom stereocenters. The molecular weight excluding hydrogens is 396 g/mol. The Morgan fingerprint density at radius 2 is 1.48 bits per heavy atom. The highest BCUT2D eigenvalue weighted by molar-refractivity contribution is 5.81. The third-order valence-corrected chi connectivity index (χ3v) is 4.75. The van der Waals surface area contributed by atoms with Gasteiger partial charge >= 0.3 is 0 Å². The summed E-state index contributed by atoms with van der Waals surface area (Å²) in [5, 5.41) is 11.1. The van der Waals surface area contributed by atoms with Crippen molar-refractivity contribution in [1.82, 2.24) is 4.90 Å². The number of nitro groups is 1. The number of nitrogens with zero attached hydrogens (tertiary/aromatic N) is 2. The summed E-state index contributed by atoms with van der Waals surface area (Å²) in [5.41, 5.74) is 1.85. The lowest BCUT2D eigenvalue weighted by atomic mass is 10.1. The van der Waals surface area contributed by atoms with E-state index in [0.29, 0.717) is 18.8 Å². The summed E-state index contributed by atoms with van der Waals surface area (Å²) in [6, 6.07) is 23.4. The van der Waals surface area contributed by atoms with Crippen LogP contribution in [0.3, 0.4) is 0 Å². The molecular formula is C24H24N2O5. The molecule has 160 valence electrons. The van der Waals surface area contributed by atoms with Crippen LogP contribution in [0.5, 0.6) is 11.5 Å². The normalized spacial score (nSPS) is 11.4. The van der Waals surface area contributed by atoms with Gasteiger partial charge in [0.25, 0.3) is 11.6 Å². The molecule has 3 aromatic rings. The zero-order chi connectivity index (χ0) is 22.2. The van der Waals surface area contributed by atoms with Crippen molar-refractivity contribution >= 4 is 11.6 Å². The number of non-ortho nitro benzene ring substituents is 1. The minimum Gasteiger partial charge on any atom is -0.493 e. The van der Waals surface area contributed by atoms with Crippen LogP contribution in [0.1, 0.15) is 18.1 Å². The maximum Gasteiger partial charge on any atom is 0.273 e. The Morgan fingerprint density at radius 1 is 0.935 bits per heavy atom. The van der Waals surface area contributed by atoms with E-state index in [-0.39, 0.29) is 17.3 Å². The number of nitro benzene ring substituents is 1. The molecule has 3 rings (SSSR count). The molecule has 0 aliphatic heterocycles. The molecule has 0 bridgehead atoms. The van der Waals surface area contributed by atoms with Gasteiger partial charge in [-0.1, -0.05) is 60.7 Å². The molecule has 0 N–H and O–H groups in total. The third-order valence-electron chi connectivity index (χ3n) is 4.75. The number of methoxy groups -OCH3 is 1. The Balaban J connectivity index is 1.83. The van der Waals surface area contributed by atoms with Gasteiger partial charge in [0.15, 0.2) is 17.6 Å². The molecule has 7 heteroatoms. The van der Waals surface area contributed by atoms with E-state index in [1.165, 1.54) is 25.3 Å². The molecule has 0 aliphatic carbocycles. The van der Waals surface area contributed by atoms with Gasteiger partial charge in [0.1, 0.15) is 0 Å². The van der Waals surface area contributed by atoms with Crippen LogP contribution < -0.4 is 9.47 Å². The second-order valence-corrected chi connectivity index (χ2v) is 7.02. The number of carbonyl (C=O) groups excluding carboxylic acids is 1. The second-order valence-electron chi connectivity index (χ2n) is 7.02. The largest absolute Gasteiger partial charge is 0.493 e. The molecule has 1 unspecified atom stereocenters. The Labute approximate surface area is 181 Å². The Bertz CT molecular complexity index is 983. The number of hydrogen-bond donors (Lipinski definition) is 0. The summed E-state index contributed by atoms with van der Waals surface area (Å²) in [6.07, 6.45) is -0.872. The molecule has 0 aromatic heterocycles. The zero-order valence-electron chi connectivity index (χ0n) is 17.4. The zero-order valence-corrected chi connectivity index (χ0v) is 17.4. The third kappa shape index (κ3) is 5.82. The highest BCUT2D eigenvalue weighted by Crippen LogP contribution is 2.32. The average Bonchev–Trinajstić information content (AvgIpc) is 2.79. The summed E-state index contributed by atoms with van der Waals surface area (Å²) >= 11 is 0. The van der Waals surface area contributed by atoms with Gasteiger partial charge < -0.3 is 14.4 Å². The quantitative estimate of drug-likeness (QED) is 0.373. The number of rotatable bonds is 9. The molecule has 0 saturated heterocycles. The van der Waals surface area contributed by atoms with Crippen LogP contribution in [0.25, 0.3) is 0 Å². The van der Waals surface area contributed by atoms with Crippen molar-refractivity contribution < 1.29 is 19.2 Å². The van der Waals surface area contributed by atoms with Crippen LogP contribution in [0.4, 0.5) is 5.69 Å². The molecule has 0 heterocycles. The van der Waals surface area contributed by atoms with Gasteiger partial charge in [-0.05, 0) is 24.1 Å². The van der Waals surface area contributed by atoms with Crippen molar-refractivity contribution in [3.8, 4) is 11.5 Å². The van der Waals surface area contributed by atoms with Crippen LogP contribution in [0.15, 0.2) is 78.9 Å².